The molecule has 7 nitrogen and oxygen atoms in total. The molecule has 2 atom stereocenters. The maximum Gasteiger partial charge on any atom is 0.293 e. The third-order valence-corrected chi connectivity index (χ3v) is 6.70. The number of alkyl halides is 1. The number of likely N-dealkylation sites (tertiary alicyclic amines) is 1. The number of aromatic hydroxyl groups is 1. The first-order valence-electron chi connectivity index (χ1n) is 12.6. The van der Waals surface area contributed by atoms with Crippen LogP contribution in [0, 0.1) is 17.7 Å². The van der Waals surface area contributed by atoms with E-state index in [-0.39, 0.29) is 18.7 Å². The van der Waals surface area contributed by atoms with E-state index in [2.05, 4.69) is 32.0 Å². The molecule has 4 rings (SSSR count). The zero-order valence-corrected chi connectivity index (χ0v) is 21.5. The third kappa shape index (κ3) is 7.04. The van der Waals surface area contributed by atoms with Gasteiger partial charge in [-0.05, 0) is 42.3 Å². The quantitative estimate of drug-likeness (QED) is 0.355. The molecule has 0 amide bonds. The summed E-state index contributed by atoms with van der Waals surface area (Å²) in [6.45, 7) is 4.08. The van der Waals surface area contributed by atoms with Crippen LogP contribution in [0.2, 0.25) is 0 Å². The van der Waals surface area contributed by atoms with Crippen LogP contribution in [0.25, 0.3) is 0 Å². The van der Waals surface area contributed by atoms with Gasteiger partial charge in [-0.15, -0.1) is 0 Å². The Morgan fingerprint density at radius 1 is 1.21 bits per heavy atom. The number of benzene rings is 2. The molecular formula is C29H32F2N4O3. The van der Waals surface area contributed by atoms with Gasteiger partial charge in [-0.25, -0.2) is 13.8 Å². The smallest absolute Gasteiger partial charge is 0.293 e. The molecule has 1 fully saturated rings. The molecular weight excluding hydrogens is 490 g/mol. The van der Waals surface area contributed by atoms with Crippen LogP contribution in [0.4, 0.5) is 8.78 Å². The van der Waals surface area contributed by atoms with E-state index < -0.39 is 35.8 Å². The van der Waals surface area contributed by atoms with Crippen molar-refractivity contribution in [2.45, 2.75) is 38.0 Å². The highest BCUT2D eigenvalue weighted by Crippen LogP contribution is 2.25. The van der Waals surface area contributed by atoms with Crippen LogP contribution < -0.4 is 10.9 Å². The first-order valence-corrected chi connectivity index (χ1v) is 12.6. The molecule has 38 heavy (non-hydrogen) atoms. The molecule has 9 heteroatoms. The number of rotatable bonds is 10. The van der Waals surface area contributed by atoms with E-state index in [1.54, 1.807) is 26.2 Å². The van der Waals surface area contributed by atoms with E-state index in [0.29, 0.717) is 17.2 Å². The van der Waals surface area contributed by atoms with Gasteiger partial charge in [-0.2, -0.15) is 0 Å². The van der Waals surface area contributed by atoms with Gasteiger partial charge in [0, 0.05) is 62.8 Å². The minimum absolute atomic E-state index is 0.0968. The van der Waals surface area contributed by atoms with E-state index in [1.807, 2.05) is 24.3 Å². The standard InChI is InChI=1S/C29H32F2N4O3/c1-19(13-30)32-14-23(12-27-28(36)29(37)34-18-33-27)25-10-9-21(11-26(25)31)6-3-20-4-7-22(8-5-20)15-35-16-24(17-35)38-2/h4-5,7-11,18-19,23-24,32,36H,12-17H2,1-2H3,(H,33,34,37)/t19-,23-/m0/s1. The third-order valence-electron chi connectivity index (χ3n) is 6.70. The van der Waals surface area contributed by atoms with Crippen LogP contribution in [0.5, 0.6) is 5.75 Å². The second-order valence-electron chi connectivity index (χ2n) is 9.63. The number of nitrogens with zero attached hydrogens (tertiary/aromatic N) is 2. The molecule has 1 aliphatic heterocycles. The average molecular weight is 523 g/mol. The van der Waals surface area contributed by atoms with Crippen molar-refractivity contribution in [2.75, 3.05) is 33.4 Å². The normalized spacial score (nSPS) is 15.4. The minimum atomic E-state index is -0.668. The first-order chi connectivity index (χ1) is 18.4. The van der Waals surface area contributed by atoms with Crippen molar-refractivity contribution in [1.29, 1.82) is 0 Å². The van der Waals surface area contributed by atoms with Crippen LogP contribution in [-0.4, -0.2) is 65.5 Å². The van der Waals surface area contributed by atoms with E-state index in [0.717, 1.165) is 25.2 Å². The van der Waals surface area contributed by atoms with Crippen LogP contribution in [0.15, 0.2) is 53.6 Å². The second-order valence-corrected chi connectivity index (χ2v) is 9.63. The highest BCUT2D eigenvalue weighted by Gasteiger charge is 2.26. The summed E-state index contributed by atoms with van der Waals surface area (Å²) in [5.74, 6) is 4.61. The average Bonchev–Trinajstić information content (AvgIpc) is 2.90. The van der Waals surface area contributed by atoms with Crippen molar-refractivity contribution in [1.82, 2.24) is 20.2 Å². The van der Waals surface area contributed by atoms with Crippen LogP contribution in [0.3, 0.4) is 0 Å². The van der Waals surface area contributed by atoms with Gasteiger partial charge < -0.3 is 20.1 Å². The maximum atomic E-state index is 15.2. The van der Waals surface area contributed by atoms with E-state index in [9.17, 15) is 14.3 Å². The molecule has 3 N–H and O–H groups in total. The molecule has 0 aliphatic carbocycles. The number of halogens is 2. The number of ether oxygens (including phenoxy) is 1. The number of hydrogen-bond donors (Lipinski definition) is 3. The Balaban J connectivity index is 1.46. The van der Waals surface area contributed by atoms with Gasteiger partial charge in [0.05, 0.1) is 18.1 Å². The Morgan fingerprint density at radius 2 is 1.92 bits per heavy atom. The maximum absolute atomic E-state index is 15.2. The summed E-state index contributed by atoms with van der Waals surface area (Å²) in [4.78, 5) is 20.4. The van der Waals surface area contributed by atoms with Crippen LogP contribution in [0.1, 0.15) is 40.8 Å². The fraction of sp³-hybridized carbons (Fsp3) is 0.379. The number of nitrogens with one attached hydrogen (secondary N) is 2. The topological polar surface area (TPSA) is 90.5 Å². The molecule has 0 saturated carbocycles. The van der Waals surface area contributed by atoms with Crippen molar-refractivity contribution in [3.63, 3.8) is 0 Å². The molecule has 0 radical (unpaired) electrons. The molecule has 0 unspecified atom stereocenters. The lowest BCUT2D eigenvalue weighted by Gasteiger charge is -2.38. The SMILES string of the molecule is COC1CN(Cc2ccc(C#Cc3ccc([C@H](CN[C@@H](C)CF)Cc4nc[nH]c(=O)c4O)c(F)c3)cc2)C1. The zero-order chi connectivity index (χ0) is 27.1. The summed E-state index contributed by atoms with van der Waals surface area (Å²) in [6, 6.07) is 12.3. The molecule has 2 aromatic carbocycles. The van der Waals surface area contributed by atoms with Crippen molar-refractivity contribution in [3.8, 4) is 17.6 Å². The molecule has 1 aromatic heterocycles. The van der Waals surface area contributed by atoms with Gasteiger partial charge in [0.2, 0.25) is 5.75 Å². The highest BCUT2D eigenvalue weighted by atomic mass is 19.1. The minimum Gasteiger partial charge on any atom is -0.502 e. The number of aromatic amines is 1. The molecule has 200 valence electrons. The lowest BCUT2D eigenvalue weighted by molar-refractivity contribution is -0.0333. The van der Waals surface area contributed by atoms with Crippen LogP contribution >= 0.6 is 0 Å². The fourth-order valence-corrected chi connectivity index (χ4v) is 4.33. The number of aromatic nitrogens is 2. The number of H-pyrrole nitrogens is 1. The Kier molecular flexibility index (Phi) is 9.24. The van der Waals surface area contributed by atoms with Gasteiger partial charge in [0.25, 0.3) is 5.56 Å². The van der Waals surface area contributed by atoms with Gasteiger partial charge in [-0.3, -0.25) is 9.69 Å². The molecule has 2 heterocycles. The van der Waals surface area contributed by atoms with Gasteiger partial charge in [-0.1, -0.05) is 30.0 Å². The van der Waals surface area contributed by atoms with E-state index >= 15 is 4.39 Å². The summed E-state index contributed by atoms with van der Waals surface area (Å²) < 4.78 is 33.6. The predicted molar refractivity (Wildman–Crippen MR) is 141 cm³/mol. The molecule has 0 bridgehead atoms. The van der Waals surface area contributed by atoms with Crippen molar-refractivity contribution < 1.29 is 18.6 Å². The first kappa shape index (κ1) is 27.5. The Labute approximate surface area is 220 Å². The van der Waals surface area contributed by atoms with Crippen molar-refractivity contribution in [3.05, 3.63) is 92.9 Å². The second kappa shape index (κ2) is 12.8. The Bertz CT molecular complexity index is 1340. The van der Waals surface area contributed by atoms with Crippen molar-refractivity contribution in [2.24, 2.45) is 0 Å². The number of hydrogen-bond acceptors (Lipinski definition) is 6. The molecule has 1 saturated heterocycles. The molecule has 3 aromatic rings. The summed E-state index contributed by atoms with van der Waals surface area (Å²) in [6.07, 6.45) is 1.61. The Hall–Kier alpha value is -3.58. The monoisotopic (exact) mass is 522 g/mol. The highest BCUT2D eigenvalue weighted by molar-refractivity contribution is 5.45. The van der Waals surface area contributed by atoms with Gasteiger partial charge >= 0.3 is 0 Å². The van der Waals surface area contributed by atoms with E-state index in [1.165, 1.54) is 18.0 Å². The molecule has 0 spiro atoms. The van der Waals surface area contributed by atoms with E-state index in [4.69, 9.17) is 4.74 Å². The van der Waals surface area contributed by atoms with Crippen LogP contribution in [-0.2, 0) is 17.7 Å². The summed E-state index contributed by atoms with van der Waals surface area (Å²) in [5, 5.41) is 13.1. The Morgan fingerprint density at radius 3 is 2.61 bits per heavy atom. The number of methoxy groups -OCH3 is 1. The van der Waals surface area contributed by atoms with Crippen molar-refractivity contribution >= 4 is 0 Å². The largest absolute Gasteiger partial charge is 0.502 e. The zero-order valence-electron chi connectivity index (χ0n) is 21.5. The lowest BCUT2D eigenvalue weighted by Crippen LogP contribution is -2.50. The predicted octanol–water partition coefficient (Wildman–Crippen LogP) is 3.12. The summed E-state index contributed by atoms with van der Waals surface area (Å²) in [7, 11) is 1.73. The molecule has 1 aliphatic rings. The van der Waals surface area contributed by atoms with Gasteiger partial charge in [0.1, 0.15) is 12.5 Å². The summed E-state index contributed by atoms with van der Waals surface area (Å²) in [5.41, 5.74) is 2.38. The lowest BCUT2D eigenvalue weighted by atomic mass is 9.92. The summed E-state index contributed by atoms with van der Waals surface area (Å²) >= 11 is 0. The fourth-order valence-electron chi connectivity index (χ4n) is 4.33. The van der Waals surface area contributed by atoms with Gasteiger partial charge in [0.15, 0.2) is 0 Å².